The molecule has 12 nitrogen and oxygen atoms in total. The zero-order valence-electron chi connectivity index (χ0n) is 11.4. The van der Waals surface area contributed by atoms with Crippen LogP contribution in [0.2, 0.25) is 0 Å². The Labute approximate surface area is 127 Å². The highest BCUT2D eigenvalue weighted by Crippen LogP contribution is 2.08. The average Bonchev–Trinajstić information content (AvgIpc) is 2.33. The molecule has 0 rings (SSSR count). The van der Waals surface area contributed by atoms with Crippen LogP contribution in [0.5, 0.6) is 0 Å². The number of rotatable bonds is 9. The molecule has 0 saturated heterocycles. The van der Waals surface area contributed by atoms with Crippen LogP contribution < -0.4 is 0 Å². The lowest BCUT2D eigenvalue weighted by molar-refractivity contribution is -0.159. The van der Waals surface area contributed by atoms with Gasteiger partial charge in [0.2, 0.25) is 0 Å². The zero-order valence-corrected chi connectivity index (χ0v) is 11.4. The van der Waals surface area contributed by atoms with Gasteiger partial charge in [-0.3, -0.25) is 28.8 Å². The van der Waals surface area contributed by atoms with Crippen LogP contribution in [0.1, 0.15) is 19.3 Å². The Morgan fingerprint density at radius 3 is 0.957 bits per heavy atom. The quantitative estimate of drug-likeness (QED) is 0.275. The van der Waals surface area contributed by atoms with Gasteiger partial charge in [-0.15, -0.1) is 0 Å². The van der Waals surface area contributed by atoms with Gasteiger partial charge in [0.1, 0.15) is 0 Å². The first-order valence-corrected chi connectivity index (χ1v) is 5.72. The van der Waals surface area contributed by atoms with Crippen molar-refractivity contribution in [1.82, 2.24) is 0 Å². The van der Waals surface area contributed by atoms with E-state index in [1.807, 2.05) is 0 Å². The standard InChI is InChI=1S/C6H8O6.C5H6O6/c7-4(8)1-3(6(11)12)2-5(9)10;6-3(7)1-2(4(8)9)5(10)11/h3H,1-2H2,(H,7,8)(H,9,10)(H,11,12);2H,1H2,(H,6,7)(H,8,9)(H,10,11). The summed E-state index contributed by atoms with van der Waals surface area (Å²) in [6.45, 7) is 0. The Morgan fingerprint density at radius 1 is 0.522 bits per heavy atom. The van der Waals surface area contributed by atoms with Crippen LogP contribution in [0.25, 0.3) is 0 Å². The summed E-state index contributed by atoms with van der Waals surface area (Å²) in [5.41, 5.74) is 0. The topological polar surface area (TPSA) is 224 Å². The molecule has 0 aromatic carbocycles. The normalized spacial score (nSPS) is 9.65. The van der Waals surface area contributed by atoms with Crippen LogP contribution >= 0.6 is 0 Å². The predicted molar refractivity (Wildman–Crippen MR) is 66.6 cm³/mol. The van der Waals surface area contributed by atoms with Gasteiger partial charge in [0.15, 0.2) is 5.92 Å². The predicted octanol–water partition coefficient (Wildman–Crippen LogP) is -1.12. The molecule has 0 aliphatic heterocycles. The Morgan fingerprint density at radius 2 is 0.826 bits per heavy atom. The van der Waals surface area contributed by atoms with Crippen molar-refractivity contribution in [2.24, 2.45) is 11.8 Å². The van der Waals surface area contributed by atoms with Crippen molar-refractivity contribution >= 4 is 35.8 Å². The third-order valence-electron chi connectivity index (χ3n) is 2.17. The van der Waals surface area contributed by atoms with E-state index in [4.69, 9.17) is 30.6 Å². The molecular weight excluding hydrogens is 324 g/mol. The second-order valence-electron chi connectivity index (χ2n) is 4.06. The van der Waals surface area contributed by atoms with Gasteiger partial charge in [-0.05, 0) is 0 Å². The van der Waals surface area contributed by atoms with E-state index in [0.717, 1.165) is 0 Å². The molecule has 0 aliphatic carbocycles. The number of carboxylic acids is 6. The number of hydrogen-bond donors (Lipinski definition) is 6. The minimum absolute atomic E-state index is 0.665. The molecule has 6 N–H and O–H groups in total. The molecule has 0 saturated carbocycles. The molecule has 0 unspecified atom stereocenters. The summed E-state index contributed by atoms with van der Waals surface area (Å²) < 4.78 is 0. The van der Waals surface area contributed by atoms with Gasteiger partial charge in [0.25, 0.3) is 0 Å². The molecule has 0 bridgehead atoms. The van der Waals surface area contributed by atoms with Gasteiger partial charge < -0.3 is 30.6 Å². The largest absolute Gasteiger partial charge is 0.481 e. The fourth-order valence-corrected chi connectivity index (χ4v) is 1.12. The third-order valence-corrected chi connectivity index (χ3v) is 2.17. The summed E-state index contributed by atoms with van der Waals surface area (Å²) in [7, 11) is 0. The minimum atomic E-state index is -1.85. The van der Waals surface area contributed by atoms with Crippen LogP contribution in [0.4, 0.5) is 0 Å². The molecule has 12 heteroatoms. The van der Waals surface area contributed by atoms with E-state index < -0.39 is 66.9 Å². The van der Waals surface area contributed by atoms with Crippen molar-refractivity contribution in [2.75, 3.05) is 0 Å². The van der Waals surface area contributed by atoms with Crippen LogP contribution in [0.3, 0.4) is 0 Å². The van der Waals surface area contributed by atoms with E-state index in [9.17, 15) is 28.8 Å². The maximum atomic E-state index is 10.2. The smallest absolute Gasteiger partial charge is 0.318 e. The van der Waals surface area contributed by atoms with E-state index in [1.165, 1.54) is 0 Å². The lowest BCUT2D eigenvalue weighted by Crippen LogP contribution is -2.25. The second-order valence-corrected chi connectivity index (χ2v) is 4.06. The highest BCUT2D eigenvalue weighted by molar-refractivity contribution is 5.96. The van der Waals surface area contributed by atoms with E-state index >= 15 is 0 Å². The summed E-state index contributed by atoms with van der Waals surface area (Å²) >= 11 is 0. The lowest BCUT2D eigenvalue weighted by Gasteiger charge is -2.04. The second kappa shape index (κ2) is 10.5. The van der Waals surface area contributed by atoms with Crippen molar-refractivity contribution in [2.45, 2.75) is 19.3 Å². The van der Waals surface area contributed by atoms with E-state index in [2.05, 4.69) is 0 Å². The van der Waals surface area contributed by atoms with Gasteiger partial charge in [-0.1, -0.05) is 0 Å². The van der Waals surface area contributed by atoms with Gasteiger partial charge in [-0.2, -0.15) is 0 Å². The summed E-state index contributed by atoms with van der Waals surface area (Å²) in [5, 5.41) is 49.1. The van der Waals surface area contributed by atoms with Crippen molar-refractivity contribution in [3.8, 4) is 0 Å². The molecule has 0 aliphatic rings. The zero-order chi connectivity index (χ0) is 18.7. The molecule has 0 aromatic rings. The Kier molecular flexibility index (Phi) is 10.1. The van der Waals surface area contributed by atoms with Crippen molar-refractivity contribution in [3.63, 3.8) is 0 Å². The van der Waals surface area contributed by atoms with Crippen molar-refractivity contribution in [1.29, 1.82) is 0 Å². The molecule has 0 aromatic heterocycles. The summed E-state index contributed by atoms with van der Waals surface area (Å²) in [4.78, 5) is 60.3. The van der Waals surface area contributed by atoms with Crippen LogP contribution in [-0.4, -0.2) is 66.5 Å². The Bertz CT molecular complexity index is 463. The first kappa shape index (κ1) is 22.1. The molecule has 0 heterocycles. The minimum Gasteiger partial charge on any atom is -0.481 e. The Balaban J connectivity index is 0. The number of aliphatic carboxylic acids is 6. The summed E-state index contributed by atoms with van der Waals surface area (Å²) in [5.74, 6) is -12.0. The molecule has 23 heavy (non-hydrogen) atoms. The number of hydrogen-bond acceptors (Lipinski definition) is 6. The lowest BCUT2D eigenvalue weighted by atomic mass is 10.0. The van der Waals surface area contributed by atoms with Crippen molar-refractivity contribution < 1.29 is 59.4 Å². The molecule has 0 amide bonds. The SMILES string of the molecule is O=C(O)CC(C(=O)O)C(=O)O.O=C(O)CC(CC(=O)O)C(=O)O. The van der Waals surface area contributed by atoms with Gasteiger partial charge in [-0.25, -0.2) is 0 Å². The molecule has 0 fully saturated rings. The summed E-state index contributed by atoms with van der Waals surface area (Å²) in [6, 6.07) is 0. The Hall–Kier alpha value is -3.18. The molecular formula is C11H14O12. The van der Waals surface area contributed by atoms with Gasteiger partial charge >= 0.3 is 35.8 Å². The fraction of sp³-hybridized carbons (Fsp3) is 0.455. The molecule has 0 radical (unpaired) electrons. The number of carboxylic acid groups (broad SMARTS) is 6. The maximum absolute atomic E-state index is 10.2. The fourth-order valence-electron chi connectivity index (χ4n) is 1.12. The van der Waals surface area contributed by atoms with E-state index in [0.29, 0.717) is 0 Å². The molecule has 130 valence electrons. The average molecular weight is 338 g/mol. The van der Waals surface area contributed by atoms with Gasteiger partial charge in [0.05, 0.1) is 25.2 Å². The van der Waals surface area contributed by atoms with E-state index in [1.54, 1.807) is 0 Å². The first-order chi connectivity index (χ1) is 10.4. The molecule has 0 spiro atoms. The highest BCUT2D eigenvalue weighted by Gasteiger charge is 2.28. The van der Waals surface area contributed by atoms with E-state index in [-0.39, 0.29) is 0 Å². The monoisotopic (exact) mass is 338 g/mol. The number of carbonyl (C=O) groups is 6. The van der Waals surface area contributed by atoms with Crippen molar-refractivity contribution in [3.05, 3.63) is 0 Å². The summed E-state index contributed by atoms with van der Waals surface area (Å²) in [6.07, 6.45) is -2.23. The first-order valence-electron chi connectivity index (χ1n) is 5.72. The van der Waals surface area contributed by atoms with Gasteiger partial charge in [0, 0.05) is 0 Å². The highest BCUT2D eigenvalue weighted by atomic mass is 16.4. The molecule has 0 atom stereocenters. The van der Waals surface area contributed by atoms with Crippen LogP contribution in [0.15, 0.2) is 0 Å². The van der Waals surface area contributed by atoms with Crippen LogP contribution in [0, 0.1) is 11.8 Å². The third kappa shape index (κ3) is 12.3. The maximum Gasteiger partial charge on any atom is 0.318 e. The van der Waals surface area contributed by atoms with Crippen LogP contribution in [-0.2, 0) is 28.8 Å².